The van der Waals surface area contributed by atoms with Crippen molar-refractivity contribution in [1.29, 1.82) is 0 Å². The summed E-state index contributed by atoms with van der Waals surface area (Å²) in [4.78, 5) is 12.1. The van der Waals surface area contributed by atoms with E-state index in [0.717, 1.165) is 16.5 Å². The van der Waals surface area contributed by atoms with Gasteiger partial charge in [0.05, 0.1) is 5.69 Å². The molecule has 0 spiro atoms. The average molecular weight is 232 g/mol. The van der Waals surface area contributed by atoms with Crippen LogP contribution < -0.4 is 11.1 Å². The molecule has 3 N–H and O–H groups in total. The second-order valence-corrected chi connectivity index (χ2v) is 4.20. The van der Waals surface area contributed by atoms with Crippen LogP contribution in [0.1, 0.15) is 0 Å². The van der Waals surface area contributed by atoms with E-state index in [0.29, 0.717) is 0 Å². The first-order valence-electron chi connectivity index (χ1n) is 4.84. The Labute approximate surface area is 98.0 Å². The molecule has 2 aromatic carbocycles. The Hall–Kier alpha value is -1.68. The lowest BCUT2D eigenvalue weighted by Gasteiger charge is -2.08. The van der Waals surface area contributed by atoms with Gasteiger partial charge in [-0.25, -0.2) is 4.79 Å². The molecular weight excluding hydrogens is 220 g/mol. The number of hydrogen-bond acceptors (Lipinski definition) is 2. The third-order valence-electron chi connectivity index (χ3n) is 2.36. The highest BCUT2D eigenvalue weighted by Gasteiger charge is 2.04. The van der Waals surface area contributed by atoms with Crippen LogP contribution in [0.2, 0.25) is 0 Å². The predicted octanol–water partition coefficient (Wildman–Crippen LogP) is 3.05. The standard InChI is InChI=1S/C12H12N2OS/c1-16-11-7-3-4-8-9(11)5-2-6-10(8)14-12(13)15/h2-7H,1H3,(H3,13,14,15). The van der Waals surface area contributed by atoms with Gasteiger partial charge in [0.25, 0.3) is 0 Å². The van der Waals surface area contributed by atoms with Crippen LogP contribution in [0.4, 0.5) is 10.5 Å². The summed E-state index contributed by atoms with van der Waals surface area (Å²) in [5.74, 6) is 0. The maximum absolute atomic E-state index is 10.9. The predicted molar refractivity (Wildman–Crippen MR) is 68.9 cm³/mol. The second kappa shape index (κ2) is 4.45. The number of nitrogens with one attached hydrogen (secondary N) is 1. The van der Waals surface area contributed by atoms with Crippen LogP contribution in [0.15, 0.2) is 41.3 Å². The highest BCUT2D eigenvalue weighted by atomic mass is 32.2. The van der Waals surface area contributed by atoms with Gasteiger partial charge in [-0.3, -0.25) is 0 Å². The Balaban J connectivity index is 2.64. The number of benzene rings is 2. The summed E-state index contributed by atoms with van der Waals surface area (Å²) in [5.41, 5.74) is 5.88. The van der Waals surface area contributed by atoms with Gasteiger partial charge in [0.2, 0.25) is 0 Å². The molecule has 2 amide bonds. The fourth-order valence-electron chi connectivity index (χ4n) is 1.70. The van der Waals surface area contributed by atoms with Crippen molar-refractivity contribution >= 4 is 34.3 Å². The van der Waals surface area contributed by atoms with Gasteiger partial charge in [-0.15, -0.1) is 11.8 Å². The first-order chi connectivity index (χ1) is 7.72. The Morgan fingerprint density at radius 2 is 1.88 bits per heavy atom. The van der Waals surface area contributed by atoms with Gasteiger partial charge in [-0.05, 0) is 23.8 Å². The summed E-state index contributed by atoms with van der Waals surface area (Å²) in [6, 6.07) is 11.3. The Kier molecular flexibility index (Phi) is 3.01. The molecule has 0 aromatic heterocycles. The van der Waals surface area contributed by atoms with Crippen LogP contribution in [0.25, 0.3) is 10.8 Å². The van der Waals surface area contributed by atoms with E-state index in [2.05, 4.69) is 11.4 Å². The van der Waals surface area contributed by atoms with E-state index in [4.69, 9.17) is 5.73 Å². The van der Waals surface area contributed by atoms with Gasteiger partial charge in [0.1, 0.15) is 0 Å². The van der Waals surface area contributed by atoms with Gasteiger partial charge < -0.3 is 11.1 Å². The normalized spacial score (nSPS) is 10.3. The molecule has 0 saturated heterocycles. The van der Waals surface area contributed by atoms with Crippen LogP contribution in [0.5, 0.6) is 0 Å². The van der Waals surface area contributed by atoms with Gasteiger partial charge >= 0.3 is 6.03 Å². The lowest BCUT2D eigenvalue weighted by atomic mass is 10.1. The summed E-state index contributed by atoms with van der Waals surface area (Å²) in [5, 5.41) is 4.76. The quantitative estimate of drug-likeness (QED) is 0.782. The zero-order valence-electron chi connectivity index (χ0n) is 8.86. The summed E-state index contributed by atoms with van der Waals surface area (Å²) >= 11 is 1.68. The molecule has 0 radical (unpaired) electrons. The SMILES string of the molecule is CSc1cccc2c(NC(N)=O)cccc12. The summed E-state index contributed by atoms with van der Waals surface area (Å²) < 4.78 is 0. The summed E-state index contributed by atoms with van der Waals surface area (Å²) in [7, 11) is 0. The van der Waals surface area contributed by atoms with Gasteiger partial charge in [0.15, 0.2) is 0 Å². The molecule has 3 nitrogen and oxygen atoms in total. The minimum absolute atomic E-state index is 0.540. The number of fused-ring (bicyclic) bond motifs is 1. The molecule has 82 valence electrons. The number of primary amides is 1. The Morgan fingerprint density at radius 3 is 2.56 bits per heavy atom. The highest BCUT2D eigenvalue weighted by molar-refractivity contribution is 7.98. The molecule has 0 aliphatic rings. The second-order valence-electron chi connectivity index (χ2n) is 3.35. The first-order valence-corrected chi connectivity index (χ1v) is 6.07. The van der Waals surface area contributed by atoms with E-state index in [-0.39, 0.29) is 0 Å². The Morgan fingerprint density at radius 1 is 1.19 bits per heavy atom. The van der Waals surface area contributed by atoms with Crippen molar-refractivity contribution in [2.24, 2.45) is 5.73 Å². The monoisotopic (exact) mass is 232 g/mol. The van der Waals surface area contributed by atoms with E-state index >= 15 is 0 Å². The van der Waals surface area contributed by atoms with Gasteiger partial charge in [-0.2, -0.15) is 0 Å². The number of hydrogen-bond donors (Lipinski definition) is 2. The fourth-order valence-corrected chi connectivity index (χ4v) is 2.31. The van der Waals surface area contributed by atoms with E-state index in [1.165, 1.54) is 4.90 Å². The van der Waals surface area contributed by atoms with Crippen molar-refractivity contribution in [3.63, 3.8) is 0 Å². The van der Waals surface area contributed by atoms with E-state index in [1.54, 1.807) is 11.8 Å². The van der Waals surface area contributed by atoms with Crippen LogP contribution in [0, 0.1) is 0 Å². The minimum Gasteiger partial charge on any atom is -0.351 e. The molecule has 2 rings (SSSR count). The summed E-state index contributed by atoms with van der Waals surface area (Å²) in [6.07, 6.45) is 2.03. The first kappa shape index (κ1) is 10.8. The molecule has 0 fully saturated rings. The van der Waals surface area contributed by atoms with Crippen molar-refractivity contribution in [3.05, 3.63) is 36.4 Å². The number of anilines is 1. The third-order valence-corrected chi connectivity index (χ3v) is 3.16. The number of urea groups is 1. The summed E-state index contributed by atoms with van der Waals surface area (Å²) in [6.45, 7) is 0. The molecule has 4 heteroatoms. The average Bonchev–Trinajstić information content (AvgIpc) is 2.28. The van der Waals surface area contributed by atoms with Gasteiger partial charge in [0, 0.05) is 10.3 Å². The van der Waals surface area contributed by atoms with Crippen molar-refractivity contribution < 1.29 is 4.79 Å². The molecule has 16 heavy (non-hydrogen) atoms. The van der Waals surface area contributed by atoms with Crippen molar-refractivity contribution in [1.82, 2.24) is 0 Å². The van der Waals surface area contributed by atoms with Crippen molar-refractivity contribution in [3.8, 4) is 0 Å². The lowest BCUT2D eigenvalue weighted by molar-refractivity contribution is 0.259. The largest absolute Gasteiger partial charge is 0.351 e. The molecule has 0 bridgehead atoms. The van der Waals surface area contributed by atoms with Crippen LogP contribution in [-0.2, 0) is 0 Å². The number of carbonyl (C=O) groups excluding carboxylic acids is 1. The zero-order chi connectivity index (χ0) is 11.5. The smallest absolute Gasteiger partial charge is 0.316 e. The third kappa shape index (κ3) is 1.97. The van der Waals surface area contributed by atoms with Crippen LogP contribution in [0.3, 0.4) is 0 Å². The van der Waals surface area contributed by atoms with Crippen LogP contribution in [-0.4, -0.2) is 12.3 Å². The van der Waals surface area contributed by atoms with Gasteiger partial charge in [-0.1, -0.05) is 24.3 Å². The molecule has 0 aliphatic heterocycles. The van der Waals surface area contributed by atoms with Crippen molar-refractivity contribution in [2.45, 2.75) is 4.90 Å². The number of thioether (sulfide) groups is 1. The molecule has 0 unspecified atom stereocenters. The number of nitrogens with two attached hydrogens (primary N) is 1. The topological polar surface area (TPSA) is 55.1 Å². The Bertz CT molecular complexity index is 540. The van der Waals surface area contributed by atoms with E-state index < -0.39 is 6.03 Å². The minimum atomic E-state index is -0.540. The lowest BCUT2D eigenvalue weighted by Crippen LogP contribution is -2.19. The van der Waals surface area contributed by atoms with Crippen molar-refractivity contribution in [2.75, 3.05) is 11.6 Å². The molecule has 0 heterocycles. The number of carbonyl (C=O) groups is 1. The highest BCUT2D eigenvalue weighted by Crippen LogP contribution is 2.30. The zero-order valence-corrected chi connectivity index (χ0v) is 9.67. The molecule has 2 aromatic rings. The van der Waals surface area contributed by atoms with E-state index in [1.807, 2.05) is 36.6 Å². The molecule has 0 aliphatic carbocycles. The maximum atomic E-state index is 10.9. The fraction of sp³-hybridized carbons (Fsp3) is 0.0833. The molecular formula is C12H12N2OS. The number of rotatable bonds is 2. The maximum Gasteiger partial charge on any atom is 0.316 e. The van der Waals surface area contributed by atoms with Crippen LogP contribution >= 0.6 is 11.8 Å². The molecule has 0 saturated carbocycles. The van der Waals surface area contributed by atoms with E-state index in [9.17, 15) is 4.79 Å². The molecule has 0 atom stereocenters. The number of amides is 2.